The van der Waals surface area contributed by atoms with Gasteiger partial charge in [0, 0.05) is 10.9 Å². The number of halogens is 4. The van der Waals surface area contributed by atoms with Gasteiger partial charge in [0.2, 0.25) is 0 Å². The Morgan fingerprint density at radius 2 is 1.96 bits per heavy atom. The van der Waals surface area contributed by atoms with E-state index in [1.54, 1.807) is 6.07 Å². The van der Waals surface area contributed by atoms with E-state index in [0.29, 0.717) is 5.39 Å². The largest absolute Gasteiger partial charge is 0.573 e. The van der Waals surface area contributed by atoms with Crippen molar-refractivity contribution in [3.63, 3.8) is 0 Å². The van der Waals surface area contributed by atoms with E-state index in [-0.39, 0.29) is 22.1 Å². The average molecular weight is 357 g/mol. The lowest BCUT2D eigenvalue weighted by Gasteiger charge is -2.10. The van der Waals surface area contributed by atoms with Crippen LogP contribution in [0, 0.1) is 0 Å². The summed E-state index contributed by atoms with van der Waals surface area (Å²) >= 11 is 5.79. The summed E-state index contributed by atoms with van der Waals surface area (Å²) in [6.07, 6.45) is -6.18. The number of nitrogens with zero attached hydrogens (tertiary/aromatic N) is 2. The molecule has 0 aliphatic heterocycles. The maximum atomic E-state index is 12.3. The third-order valence-electron chi connectivity index (χ3n) is 3.17. The molecular weight excluding hydrogens is 349 g/mol. The molecule has 0 unspecified atom stereocenters. The fraction of sp³-hybridized carbons (Fsp3) is 0.0667. The molecule has 0 atom stereocenters. The van der Waals surface area contributed by atoms with Gasteiger partial charge in [-0.25, -0.2) is 14.3 Å². The summed E-state index contributed by atoms with van der Waals surface area (Å²) in [5, 5.41) is 10.0. The highest BCUT2D eigenvalue weighted by Crippen LogP contribution is 2.31. The van der Waals surface area contributed by atoms with Gasteiger partial charge in [0.1, 0.15) is 10.9 Å². The van der Waals surface area contributed by atoms with Crippen LogP contribution in [0.3, 0.4) is 0 Å². The lowest BCUT2D eigenvalue weighted by molar-refractivity contribution is -0.274. The SMILES string of the molecule is O=C(O)n1c(-c2cccc(OC(F)(F)F)c2)cc2ccc(Cl)nc21. The van der Waals surface area contributed by atoms with Gasteiger partial charge in [0.15, 0.2) is 5.65 Å². The molecule has 0 spiro atoms. The van der Waals surface area contributed by atoms with Gasteiger partial charge in [-0.15, -0.1) is 13.2 Å². The maximum Gasteiger partial charge on any atom is 0.573 e. The number of aromatic nitrogens is 2. The summed E-state index contributed by atoms with van der Waals surface area (Å²) in [6, 6.07) is 9.59. The zero-order chi connectivity index (χ0) is 17.5. The number of pyridine rings is 1. The molecule has 1 aromatic carbocycles. The second-order valence-electron chi connectivity index (χ2n) is 4.77. The van der Waals surface area contributed by atoms with Gasteiger partial charge in [0.05, 0.1) is 5.69 Å². The molecule has 2 heterocycles. The highest BCUT2D eigenvalue weighted by atomic mass is 35.5. The first kappa shape index (κ1) is 16.1. The summed E-state index contributed by atoms with van der Waals surface area (Å²) in [5.74, 6) is -0.451. The van der Waals surface area contributed by atoms with Gasteiger partial charge in [-0.05, 0) is 30.3 Å². The van der Waals surface area contributed by atoms with Crippen molar-refractivity contribution in [2.45, 2.75) is 6.36 Å². The van der Waals surface area contributed by atoms with E-state index in [0.717, 1.165) is 16.7 Å². The van der Waals surface area contributed by atoms with E-state index in [9.17, 15) is 23.1 Å². The van der Waals surface area contributed by atoms with Gasteiger partial charge in [-0.1, -0.05) is 23.7 Å². The predicted octanol–water partition coefficient (Wildman–Crippen LogP) is 4.78. The molecule has 2 aromatic heterocycles. The third-order valence-corrected chi connectivity index (χ3v) is 3.38. The van der Waals surface area contributed by atoms with Crippen molar-refractivity contribution >= 4 is 28.7 Å². The Kier molecular flexibility index (Phi) is 3.84. The van der Waals surface area contributed by atoms with Gasteiger partial charge in [-0.3, -0.25) is 0 Å². The summed E-state index contributed by atoms with van der Waals surface area (Å²) < 4.78 is 41.8. The van der Waals surface area contributed by atoms with Crippen molar-refractivity contribution < 1.29 is 27.8 Å². The molecule has 0 aliphatic carbocycles. The van der Waals surface area contributed by atoms with Crippen LogP contribution < -0.4 is 4.74 Å². The zero-order valence-corrected chi connectivity index (χ0v) is 12.5. The Balaban J connectivity index is 2.17. The van der Waals surface area contributed by atoms with Crippen molar-refractivity contribution in [1.82, 2.24) is 9.55 Å². The number of carbonyl (C=O) groups is 1. The van der Waals surface area contributed by atoms with Gasteiger partial charge in [-0.2, -0.15) is 0 Å². The van der Waals surface area contributed by atoms with Crippen LogP contribution in [0.2, 0.25) is 5.15 Å². The minimum atomic E-state index is -4.84. The number of fused-ring (bicyclic) bond motifs is 1. The summed E-state index contributed by atoms with van der Waals surface area (Å²) in [6.45, 7) is 0. The molecule has 1 N–H and O–H groups in total. The maximum absolute atomic E-state index is 12.3. The van der Waals surface area contributed by atoms with Crippen molar-refractivity contribution in [3.8, 4) is 17.0 Å². The van der Waals surface area contributed by atoms with Crippen LogP contribution in [0.5, 0.6) is 5.75 Å². The molecule has 0 radical (unpaired) electrons. The van der Waals surface area contributed by atoms with Crippen molar-refractivity contribution in [3.05, 3.63) is 47.6 Å². The number of alkyl halides is 3. The van der Waals surface area contributed by atoms with Gasteiger partial charge >= 0.3 is 12.5 Å². The highest BCUT2D eigenvalue weighted by molar-refractivity contribution is 6.29. The minimum absolute atomic E-state index is 0.0899. The number of rotatable bonds is 2. The van der Waals surface area contributed by atoms with E-state index in [1.807, 2.05) is 0 Å². The molecule has 124 valence electrons. The van der Waals surface area contributed by atoms with E-state index in [2.05, 4.69) is 9.72 Å². The lowest BCUT2D eigenvalue weighted by atomic mass is 10.1. The number of benzene rings is 1. The highest BCUT2D eigenvalue weighted by Gasteiger charge is 2.31. The topological polar surface area (TPSA) is 64.3 Å². The molecule has 0 aliphatic rings. The molecule has 24 heavy (non-hydrogen) atoms. The fourth-order valence-corrected chi connectivity index (χ4v) is 2.46. The Bertz CT molecular complexity index is 937. The normalized spacial score (nSPS) is 11.7. The molecule has 9 heteroatoms. The lowest BCUT2D eigenvalue weighted by Crippen LogP contribution is -2.17. The second-order valence-corrected chi connectivity index (χ2v) is 5.16. The summed E-state index contributed by atoms with van der Waals surface area (Å²) in [4.78, 5) is 15.5. The molecule has 3 rings (SSSR count). The van der Waals surface area contributed by atoms with E-state index in [4.69, 9.17) is 11.6 Å². The Hall–Kier alpha value is -2.74. The Labute approximate surface area is 137 Å². The first-order valence-corrected chi connectivity index (χ1v) is 6.90. The van der Waals surface area contributed by atoms with Crippen molar-refractivity contribution in [2.24, 2.45) is 0 Å². The molecular formula is C15H8ClF3N2O3. The number of carboxylic acid groups (broad SMARTS) is 1. The Morgan fingerprint density at radius 3 is 2.62 bits per heavy atom. The Morgan fingerprint density at radius 1 is 1.21 bits per heavy atom. The van der Waals surface area contributed by atoms with Crippen LogP contribution in [0.25, 0.3) is 22.3 Å². The first-order valence-electron chi connectivity index (χ1n) is 6.52. The smallest absolute Gasteiger partial charge is 0.464 e. The molecule has 0 amide bonds. The quantitative estimate of drug-likeness (QED) is 0.671. The monoisotopic (exact) mass is 356 g/mol. The number of hydrogen-bond donors (Lipinski definition) is 1. The van der Waals surface area contributed by atoms with Crippen LogP contribution >= 0.6 is 11.6 Å². The predicted molar refractivity (Wildman–Crippen MR) is 80.3 cm³/mol. The van der Waals surface area contributed by atoms with Crippen molar-refractivity contribution in [2.75, 3.05) is 0 Å². The molecule has 5 nitrogen and oxygen atoms in total. The zero-order valence-electron chi connectivity index (χ0n) is 11.7. The van der Waals surface area contributed by atoms with Crippen LogP contribution in [-0.4, -0.2) is 27.1 Å². The summed E-state index contributed by atoms with van der Waals surface area (Å²) in [5.41, 5.74) is 0.473. The molecule has 3 aromatic rings. The first-order chi connectivity index (χ1) is 11.2. The van der Waals surface area contributed by atoms with E-state index in [1.165, 1.54) is 24.3 Å². The van der Waals surface area contributed by atoms with Crippen LogP contribution in [0.1, 0.15) is 0 Å². The molecule has 0 fully saturated rings. The van der Waals surface area contributed by atoms with Gasteiger partial charge < -0.3 is 9.84 Å². The molecule has 0 saturated heterocycles. The molecule has 0 saturated carbocycles. The van der Waals surface area contributed by atoms with Crippen LogP contribution in [0.15, 0.2) is 42.5 Å². The van der Waals surface area contributed by atoms with E-state index >= 15 is 0 Å². The van der Waals surface area contributed by atoms with Crippen molar-refractivity contribution in [1.29, 1.82) is 0 Å². The molecule has 0 bridgehead atoms. The standard InChI is InChI=1S/C15H8ClF3N2O3/c16-12-5-4-9-7-11(21(14(22)23)13(9)20-12)8-2-1-3-10(6-8)24-15(17,18)19/h1-7H,(H,22,23). The average Bonchev–Trinajstić information content (AvgIpc) is 2.84. The third kappa shape index (κ3) is 3.13. The van der Waals surface area contributed by atoms with Gasteiger partial charge in [0.25, 0.3) is 0 Å². The fourth-order valence-electron chi connectivity index (χ4n) is 2.31. The second kappa shape index (κ2) is 5.72. The number of ether oxygens (including phenoxy) is 1. The van der Waals surface area contributed by atoms with E-state index < -0.39 is 18.2 Å². The number of hydrogen-bond acceptors (Lipinski definition) is 3. The minimum Gasteiger partial charge on any atom is -0.464 e. The summed E-state index contributed by atoms with van der Waals surface area (Å²) in [7, 11) is 0. The van der Waals surface area contributed by atoms with Crippen LogP contribution in [-0.2, 0) is 0 Å². The van der Waals surface area contributed by atoms with Crippen LogP contribution in [0.4, 0.5) is 18.0 Å².